The van der Waals surface area contributed by atoms with Gasteiger partial charge in [0, 0.05) is 45.5 Å². The molecular formula is C20H31IN4O. The molecule has 0 atom stereocenters. The van der Waals surface area contributed by atoms with Crippen LogP contribution in [0, 0.1) is 6.92 Å². The highest BCUT2D eigenvalue weighted by Gasteiger charge is 2.19. The summed E-state index contributed by atoms with van der Waals surface area (Å²) in [5.41, 5.74) is 4.15. The number of hydrogen-bond acceptors (Lipinski definition) is 3. The van der Waals surface area contributed by atoms with Gasteiger partial charge >= 0.3 is 0 Å². The van der Waals surface area contributed by atoms with Gasteiger partial charge in [-0.05, 0) is 37.5 Å². The number of anilines is 1. The van der Waals surface area contributed by atoms with E-state index >= 15 is 0 Å². The van der Waals surface area contributed by atoms with E-state index in [0.29, 0.717) is 0 Å². The Labute approximate surface area is 174 Å². The van der Waals surface area contributed by atoms with Crippen molar-refractivity contribution in [3.05, 3.63) is 41.5 Å². The van der Waals surface area contributed by atoms with Crippen molar-refractivity contribution in [1.82, 2.24) is 10.2 Å². The molecule has 1 N–H and O–H groups in total. The molecule has 0 aliphatic carbocycles. The van der Waals surface area contributed by atoms with E-state index in [0.717, 1.165) is 64.7 Å². The molecule has 0 saturated carbocycles. The molecule has 0 bridgehead atoms. The van der Waals surface area contributed by atoms with Crippen LogP contribution in [0.2, 0.25) is 0 Å². The molecule has 5 nitrogen and oxygen atoms in total. The maximum atomic E-state index is 5.36. The van der Waals surface area contributed by atoms with Gasteiger partial charge in [-0.1, -0.05) is 23.8 Å². The molecule has 144 valence electrons. The molecule has 0 unspecified atom stereocenters. The Bertz CT molecular complexity index is 624. The Kier molecular flexibility index (Phi) is 8.71. The molecule has 0 amide bonds. The van der Waals surface area contributed by atoms with Crippen LogP contribution in [0.3, 0.4) is 0 Å². The summed E-state index contributed by atoms with van der Waals surface area (Å²) in [6.45, 7) is 8.80. The molecular weight excluding hydrogens is 439 g/mol. The number of ether oxygens (including phenoxy) is 1. The first-order valence-corrected chi connectivity index (χ1v) is 9.29. The maximum absolute atomic E-state index is 5.36. The number of guanidine groups is 1. The number of rotatable bonds is 4. The number of nitrogens with zero attached hydrogens (tertiary/aromatic N) is 3. The van der Waals surface area contributed by atoms with Gasteiger partial charge in [-0.15, -0.1) is 24.0 Å². The molecule has 3 rings (SSSR count). The zero-order chi connectivity index (χ0) is 17.5. The van der Waals surface area contributed by atoms with Crippen molar-refractivity contribution in [1.29, 1.82) is 0 Å². The first-order valence-electron chi connectivity index (χ1n) is 9.29. The quantitative estimate of drug-likeness (QED) is 0.318. The van der Waals surface area contributed by atoms with Crippen LogP contribution in [0.25, 0.3) is 0 Å². The van der Waals surface area contributed by atoms with Crippen LogP contribution in [-0.2, 0) is 4.74 Å². The van der Waals surface area contributed by atoms with Crippen molar-refractivity contribution < 1.29 is 4.74 Å². The van der Waals surface area contributed by atoms with Gasteiger partial charge in [-0.2, -0.15) is 0 Å². The lowest BCUT2D eigenvalue weighted by molar-refractivity contribution is 0.153. The molecule has 1 aromatic carbocycles. The normalized spacial score (nSPS) is 18.2. The van der Waals surface area contributed by atoms with Crippen LogP contribution in [-0.4, -0.2) is 63.8 Å². The zero-order valence-electron chi connectivity index (χ0n) is 15.9. The standard InChI is InChI=1S/C20H30N4O.HI/c1-17-4-3-5-19(16-17)23-10-12-24(13-11-23)20(21-2)22-9-6-18-7-14-25-15-8-18;/h3-5,7,16H,6,8-15H2,1-2H3,(H,21,22);1H. The third kappa shape index (κ3) is 5.87. The van der Waals surface area contributed by atoms with Crippen LogP contribution in [0.1, 0.15) is 18.4 Å². The monoisotopic (exact) mass is 470 g/mol. The van der Waals surface area contributed by atoms with E-state index in [1.54, 1.807) is 0 Å². The maximum Gasteiger partial charge on any atom is 0.193 e. The van der Waals surface area contributed by atoms with E-state index in [9.17, 15) is 0 Å². The van der Waals surface area contributed by atoms with Crippen LogP contribution in [0.5, 0.6) is 0 Å². The Morgan fingerprint density at radius 1 is 1.23 bits per heavy atom. The Morgan fingerprint density at radius 2 is 2.04 bits per heavy atom. The first kappa shape index (κ1) is 21.0. The Balaban J connectivity index is 0.00000243. The number of aliphatic imine (C=N–C) groups is 1. The molecule has 2 heterocycles. The van der Waals surface area contributed by atoms with Gasteiger partial charge in [-0.25, -0.2) is 0 Å². The van der Waals surface area contributed by atoms with E-state index in [1.807, 2.05) is 7.05 Å². The van der Waals surface area contributed by atoms with E-state index in [2.05, 4.69) is 57.4 Å². The van der Waals surface area contributed by atoms with Gasteiger partial charge in [0.15, 0.2) is 5.96 Å². The van der Waals surface area contributed by atoms with Crippen molar-refractivity contribution in [2.24, 2.45) is 4.99 Å². The summed E-state index contributed by atoms with van der Waals surface area (Å²) in [4.78, 5) is 9.30. The lowest BCUT2D eigenvalue weighted by atomic mass is 10.1. The summed E-state index contributed by atoms with van der Waals surface area (Å²) in [6.07, 6.45) is 4.36. The van der Waals surface area contributed by atoms with E-state index in [4.69, 9.17) is 4.74 Å². The van der Waals surface area contributed by atoms with Gasteiger partial charge in [0.1, 0.15) is 0 Å². The fraction of sp³-hybridized carbons (Fsp3) is 0.550. The van der Waals surface area contributed by atoms with Crippen molar-refractivity contribution in [3.63, 3.8) is 0 Å². The number of aryl methyl sites for hydroxylation is 1. The topological polar surface area (TPSA) is 40.1 Å². The minimum absolute atomic E-state index is 0. The van der Waals surface area contributed by atoms with Gasteiger partial charge in [0.2, 0.25) is 0 Å². The number of benzene rings is 1. The predicted octanol–water partition coefficient (Wildman–Crippen LogP) is 3.05. The highest BCUT2D eigenvalue weighted by molar-refractivity contribution is 14.0. The van der Waals surface area contributed by atoms with Gasteiger partial charge < -0.3 is 19.9 Å². The van der Waals surface area contributed by atoms with Crippen LogP contribution < -0.4 is 10.2 Å². The number of halogens is 1. The van der Waals surface area contributed by atoms with E-state index < -0.39 is 0 Å². The average molecular weight is 470 g/mol. The minimum atomic E-state index is 0. The second kappa shape index (κ2) is 10.8. The average Bonchev–Trinajstić information content (AvgIpc) is 2.66. The Morgan fingerprint density at radius 3 is 2.69 bits per heavy atom. The smallest absolute Gasteiger partial charge is 0.193 e. The van der Waals surface area contributed by atoms with E-state index in [1.165, 1.54) is 16.8 Å². The van der Waals surface area contributed by atoms with Crippen LogP contribution in [0.15, 0.2) is 40.9 Å². The van der Waals surface area contributed by atoms with Gasteiger partial charge in [0.25, 0.3) is 0 Å². The molecule has 0 radical (unpaired) electrons. The van der Waals surface area contributed by atoms with Crippen LogP contribution >= 0.6 is 24.0 Å². The molecule has 0 aromatic heterocycles. The van der Waals surface area contributed by atoms with E-state index in [-0.39, 0.29) is 24.0 Å². The molecule has 1 fully saturated rings. The summed E-state index contributed by atoms with van der Waals surface area (Å²) in [5.74, 6) is 1.02. The second-order valence-corrected chi connectivity index (χ2v) is 6.72. The summed E-state index contributed by atoms with van der Waals surface area (Å²) in [6, 6.07) is 8.77. The molecule has 6 heteroatoms. The lowest BCUT2D eigenvalue weighted by Gasteiger charge is -2.37. The fourth-order valence-electron chi connectivity index (χ4n) is 3.46. The minimum Gasteiger partial charge on any atom is -0.377 e. The van der Waals surface area contributed by atoms with Gasteiger partial charge in [-0.3, -0.25) is 4.99 Å². The van der Waals surface area contributed by atoms with Crippen molar-refractivity contribution >= 4 is 35.6 Å². The Hall–Kier alpha value is -1.28. The summed E-state index contributed by atoms with van der Waals surface area (Å²) < 4.78 is 5.36. The van der Waals surface area contributed by atoms with Crippen molar-refractivity contribution in [2.75, 3.05) is 57.9 Å². The first-order chi connectivity index (χ1) is 12.3. The van der Waals surface area contributed by atoms with Gasteiger partial charge in [0.05, 0.1) is 13.2 Å². The summed E-state index contributed by atoms with van der Waals surface area (Å²) in [7, 11) is 1.88. The molecule has 2 aliphatic rings. The van der Waals surface area contributed by atoms with Crippen molar-refractivity contribution in [2.45, 2.75) is 19.8 Å². The number of nitrogens with one attached hydrogen (secondary N) is 1. The summed E-state index contributed by atoms with van der Waals surface area (Å²) in [5, 5.41) is 3.53. The molecule has 1 saturated heterocycles. The zero-order valence-corrected chi connectivity index (χ0v) is 18.2. The van der Waals surface area contributed by atoms with Crippen molar-refractivity contribution in [3.8, 4) is 0 Å². The highest BCUT2D eigenvalue weighted by Crippen LogP contribution is 2.18. The van der Waals surface area contributed by atoms with Crippen LogP contribution in [0.4, 0.5) is 5.69 Å². The largest absolute Gasteiger partial charge is 0.377 e. The lowest BCUT2D eigenvalue weighted by Crippen LogP contribution is -2.52. The molecule has 2 aliphatic heterocycles. The summed E-state index contributed by atoms with van der Waals surface area (Å²) >= 11 is 0. The SMILES string of the molecule is CN=C(NCCC1=CCOCC1)N1CCN(c2cccc(C)c2)CC1.I. The predicted molar refractivity (Wildman–Crippen MR) is 120 cm³/mol. The highest BCUT2D eigenvalue weighted by atomic mass is 127. The molecule has 0 spiro atoms. The molecule has 26 heavy (non-hydrogen) atoms. The third-order valence-corrected chi connectivity index (χ3v) is 4.94. The third-order valence-electron chi connectivity index (χ3n) is 4.94. The molecule has 1 aromatic rings. The number of hydrogen-bond donors (Lipinski definition) is 1. The number of piperazine rings is 1. The second-order valence-electron chi connectivity index (χ2n) is 6.72. The fourth-order valence-corrected chi connectivity index (χ4v) is 3.46.